The van der Waals surface area contributed by atoms with Crippen molar-refractivity contribution in [3.8, 4) is 0 Å². The highest BCUT2D eigenvalue weighted by Gasteiger charge is 2.33. The Morgan fingerprint density at radius 3 is 2.63 bits per heavy atom. The molecule has 0 spiro atoms. The molecule has 1 fully saturated rings. The molecular weight excluding hydrogens is 393 g/mol. The second-order valence-electron chi connectivity index (χ2n) is 7.76. The van der Waals surface area contributed by atoms with E-state index in [4.69, 9.17) is 0 Å². The first-order valence-corrected chi connectivity index (χ1v) is 9.93. The summed E-state index contributed by atoms with van der Waals surface area (Å²) in [7, 11) is 1.99. The highest BCUT2D eigenvalue weighted by Crippen LogP contribution is 2.37. The van der Waals surface area contributed by atoms with Gasteiger partial charge in [-0.1, -0.05) is 24.3 Å². The second-order valence-corrected chi connectivity index (χ2v) is 7.76. The quantitative estimate of drug-likeness (QED) is 0.660. The molecule has 0 aliphatic carbocycles. The molecule has 2 aromatic carbocycles. The van der Waals surface area contributed by atoms with Crippen LogP contribution in [-0.4, -0.2) is 35.0 Å². The lowest BCUT2D eigenvalue weighted by atomic mass is 9.84. The van der Waals surface area contributed by atoms with Crippen LogP contribution < -0.4 is 10.9 Å². The standard InChI is InChI=1S/C22H23F3N4O/c1-29-12-4-5-15(19(29)14-8-10-16(11-9-14)22(23,24)25)13-26-21-27-18-7-3-2-6-17(18)20(30)28-21/h2-3,6-11,15,19H,4-5,12-13H2,1H3,(H2,26,27,28,30). The topological polar surface area (TPSA) is 61.0 Å². The number of piperidine rings is 1. The number of fused-ring (bicyclic) bond motifs is 1. The van der Waals surface area contributed by atoms with E-state index in [0.29, 0.717) is 23.4 Å². The lowest BCUT2D eigenvalue weighted by Crippen LogP contribution is -2.39. The molecular formula is C22H23F3N4O. The maximum Gasteiger partial charge on any atom is 0.416 e. The minimum atomic E-state index is -4.34. The van der Waals surface area contributed by atoms with Crippen molar-refractivity contribution in [1.29, 1.82) is 0 Å². The predicted molar refractivity (Wildman–Crippen MR) is 110 cm³/mol. The van der Waals surface area contributed by atoms with Crippen molar-refractivity contribution in [2.24, 2.45) is 5.92 Å². The van der Waals surface area contributed by atoms with Crippen LogP contribution >= 0.6 is 0 Å². The Morgan fingerprint density at radius 1 is 1.17 bits per heavy atom. The van der Waals surface area contributed by atoms with Crippen molar-refractivity contribution in [3.63, 3.8) is 0 Å². The van der Waals surface area contributed by atoms with Crippen molar-refractivity contribution in [1.82, 2.24) is 14.9 Å². The van der Waals surface area contributed by atoms with E-state index in [1.165, 1.54) is 0 Å². The Morgan fingerprint density at radius 2 is 1.90 bits per heavy atom. The number of rotatable bonds is 4. The van der Waals surface area contributed by atoms with Crippen LogP contribution in [0.5, 0.6) is 0 Å². The molecule has 30 heavy (non-hydrogen) atoms. The second kappa shape index (κ2) is 8.10. The molecule has 2 heterocycles. The monoisotopic (exact) mass is 416 g/mol. The van der Waals surface area contributed by atoms with Gasteiger partial charge in [-0.05, 0) is 62.2 Å². The van der Waals surface area contributed by atoms with Crippen LogP contribution in [-0.2, 0) is 6.18 Å². The van der Waals surface area contributed by atoms with E-state index in [2.05, 4.69) is 20.2 Å². The largest absolute Gasteiger partial charge is 0.416 e. The first-order chi connectivity index (χ1) is 14.3. The van der Waals surface area contributed by atoms with Gasteiger partial charge >= 0.3 is 6.18 Å². The minimum Gasteiger partial charge on any atom is -0.355 e. The molecule has 2 atom stereocenters. The van der Waals surface area contributed by atoms with E-state index in [1.54, 1.807) is 30.3 Å². The SMILES string of the molecule is CN1CCCC(CNc2nc3ccccc3c(=O)[nH]2)C1c1ccc(C(F)(F)F)cc1. The van der Waals surface area contributed by atoms with Crippen LogP contribution in [0.4, 0.5) is 19.1 Å². The van der Waals surface area contributed by atoms with Gasteiger partial charge in [-0.3, -0.25) is 14.7 Å². The molecule has 8 heteroatoms. The summed E-state index contributed by atoms with van der Waals surface area (Å²) < 4.78 is 38.7. The number of alkyl halides is 3. The summed E-state index contributed by atoms with van der Waals surface area (Å²) in [6, 6.07) is 12.5. The molecule has 5 nitrogen and oxygen atoms in total. The van der Waals surface area contributed by atoms with Gasteiger partial charge in [-0.25, -0.2) is 4.98 Å². The maximum absolute atomic E-state index is 12.9. The number of hydrogen-bond acceptors (Lipinski definition) is 4. The number of benzene rings is 2. The van der Waals surface area contributed by atoms with Gasteiger partial charge < -0.3 is 5.32 Å². The van der Waals surface area contributed by atoms with Crippen molar-refractivity contribution >= 4 is 16.9 Å². The number of aromatic nitrogens is 2. The molecule has 0 radical (unpaired) electrons. The average molecular weight is 416 g/mol. The van der Waals surface area contributed by atoms with Gasteiger partial charge in [-0.2, -0.15) is 13.2 Å². The fourth-order valence-electron chi connectivity index (χ4n) is 4.27. The van der Waals surface area contributed by atoms with E-state index in [9.17, 15) is 18.0 Å². The number of likely N-dealkylation sites (tertiary alicyclic amines) is 1. The van der Waals surface area contributed by atoms with E-state index >= 15 is 0 Å². The molecule has 0 saturated carbocycles. The van der Waals surface area contributed by atoms with Crippen molar-refractivity contribution in [2.45, 2.75) is 25.1 Å². The molecule has 1 aliphatic heterocycles. The van der Waals surface area contributed by atoms with Crippen LogP contribution in [0, 0.1) is 5.92 Å². The molecule has 2 unspecified atom stereocenters. The van der Waals surface area contributed by atoms with Gasteiger partial charge in [0.2, 0.25) is 5.95 Å². The molecule has 0 amide bonds. The highest BCUT2D eigenvalue weighted by molar-refractivity contribution is 5.78. The molecule has 1 aromatic heterocycles. The Labute approximate surface area is 171 Å². The summed E-state index contributed by atoms with van der Waals surface area (Å²) in [5.74, 6) is 0.565. The lowest BCUT2D eigenvalue weighted by molar-refractivity contribution is -0.137. The normalized spacial score (nSPS) is 20.4. The number of hydrogen-bond donors (Lipinski definition) is 2. The van der Waals surface area contributed by atoms with Crippen molar-refractivity contribution in [2.75, 3.05) is 25.5 Å². The fraction of sp³-hybridized carbons (Fsp3) is 0.364. The predicted octanol–water partition coefficient (Wildman–Crippen LogP) is 4.44. The first-order valence-electron chi connectivity index (χ1n) is 9.93. The van der Waals surface area contributed by atoms with Crippen LogP contribution in [0.2, 0.25) is 0 Å². The molecule has 2 N–H and O–H groups in total. The summed E-state index contributed by atoms with van der Waals surface area (Å²) in [4.78, 5) is 21.7. The zero-order valence-corrected chi connectivity index (χ0v) is 16.5. The van der Waals surface area contributed by atoms with Gasteiger partial charge in [0.05, 0.1) is 16.5 Å². The third kappa shape index (κ3) is 4.18. The average Bonchev–Trinajstić information content (AvgIpc) is 2.72. The number of para-hydroxylation sites is 1. The van der Waals surface area contributed by atoms with E-state index in [1.807, 2.05) is 13.1 Å². The van der Waals surface area contributed by atoms with Crippen molar-refractivity contribution in [3.05, 3.63) is 70.0 Å². The Hall–Kier alpha value is -2.87. The van der Waals surface area contributed by atoms with E-state index in [-0.39, 0.29) is 17.5 Å². The summed E-state index contributed by atoms with van der Waals surface area (Å²) in [6.45, 7) is 1.44. The Balaban J connectivity index is 1.54. The molecule has 3 aromatic rings. The highest BCUT2D eigenvalue weighted by atomic mass is 19.4. The summed E-state index contributed by atoms with van der Waals surface area (Å²) >= 11 is 0. The minimum absolute atomic E-state index is 0.0132. The summed E-state index contributed by atoms with van der Waals surface area (Å²) in [5.41, 5.74) is 0.626. The fourth-order valence-corrected chi connectivity index (χ4v) is 4.27. The van der Waals surface area contributed by atoms with Gasteiger partial charge in [0.15, 0.2) is 0 Å². The third-order valence-electron chi connectivity index (χ3n) is 5.73. The maximum atomic E-state index is 12.9. The number of aromatic amines is 1. The summed E-state index contributed by atoms with van der Waals surface area (Å²) in [5, 5.41) is 3.76. The molecule has 0 bridgehead atoms. The van der Waals surface area contributed by atoms with Gasteiger partial charge in [0.1, 0.15) is 0 Å². The lowest BCUT2D eigenvalue weighted by Gasteiger charge is -2.39. The van der Waals surface area contributed by atoms with E-state index < -0.39 is 11.7 Å². The van der Waals surface area contributed by atoms with Gasteiger partial charge in [-0.15, -0.1) is 0 Å². The van der Waals surface area contributed by atoms with Gasteiger partial charge in [0, 0.05) is 12.6 Å². The molecule has 158 valence electrons. The van der Waals surface area contributed by atoms with E-state index in [0.717, 1.165) is 37.1 Å². The van der Waals surface area contributed by atoms with Crippen LogP contribution in [0.15, 0.2) is 53.3 Å². The zero-order valence-electron chi connectivity index (χ0n) is 16.5. The number of nitrogens with zero attached hydrogens (tertiary/aromatic N) is 2. The third-order valence-corrected chi connectivity index (χ3v) is 5.73. The van der Waals surface area contributed by atoms with Crippen molar-refractivity contribution < 1.29 is 13.2 Å². The molecule has 4 rings (SSSR count). The number of halogens is 3. The first kappa shape index (κ1) is 20.4. The molecule has 1 aliphatic rings. The zero-order chi connectivity index (χ0) is 21.3. The smallest absolute Gasteiger partial charge is 0.355 e. The number of nitrogens with one attached hydrogen (secondary N) is 2. The summed E-state index contributed by atoms with van der Waals surface area (Å²) in [6.07, 6.45) is -2.41. The van der Waals surface area contributed by atoms with Crippen LogP contribution in [0.25, 0.3) is 10.9 Å². The Kier molecular flexibility index (Phi) is 5.51. The molecule has 1 saturated heterocycles. The van der Waals surface area contributed by atoms with Crippen LogP contribution in [0.3, 0.4) is 0 Å². The number of H-pyrrole nitrogens is 1. The van der Waals surface area contributed by atoms with Crippen LogP contribution in [0.1, 0.15) is 30.0 Å². The number of anilines is 1. The Bertz CT molecular complexity index is 1080. The van der Waals surface area contributed by atoms with Gasteiger partial charge in [0.25, 0.3) is 5.56 Å².